The molecule has 0 spiro atoms. The molecule has 0 heterocycles. The number of benzene rings is 3. The fourth-order valence-corrected chi connectivity index (χ4v) is 3.71. The van der Waals surface area contributed by atoms with Crippen molar-refractivity contribution in [2.24, 2.45) is 0 Å². The van der Waals surface area contributed by atoms with E-state index in [0.29, 0.717) is 24.7 Å². The Hall–Kier alpha value is -2.90. The summed E-state index contributed by atoms with van der Waals surface area (Å²) in [4.78, 5) is 0. The van der Waals surface area contributed by atoms with Gasteiger partial charge in [-0.2, -0.15) is 0 Å². The van der Waals surface area contributed by atoms with Crippen LogP contribution in [0.2, 0.25) is 0 Å². The van der Waals surface area contributed by atoms with E-state index in [9.17, 15) is 10.2 Å². The quantitative estimate of drug-likeness (QED) is 0.196. The van der Waals surface area contributed by atoms with Gasteiger partial charge in [-0.15, -0.1) is 13.2 Å². The van der Waals surface area contributed by atoms with Crippen LogP contribution in [0.25, 0.3) is 21.5 Å². The topological polar surface area (TPSA) is 77.4 Å². The molecule has 0 radical (unpaired) electrons. The molecule has 0 saturated heterocycles. The maximum absolute atomic E-state index is 10.3. The van der Waals surface area contributed by atoms with Crippen LogP contribution in [0, 0.1) is 0 Å². The second-order valence-corrected chi connectivity index (χ2v) is 8.02. The molecule has 0 amide bonds. The highest BCUT2D eigenvalue weighted by Crippen LogP contribution is 2.43. The Bertz CT molecular complexity index is 1090. The minimum absolute atomic E-state index is 0.0886. The first-order chi connectivity index (χ1) is 16.6. The Balaban J connectivity index is 1.97. The Kier molecular flexibility index (Phi) is 9.91. The summed E-state index contributed by atoms with van der Waals surface area (Å²) < 4.78 is 23.0. The van der Waals surface area contributed by atoms with Gasteiger partial charge in [-0.05, 0) is 18.1 Å². The highest BCUT2D eigenvalue weighted by atomic mass is 16.5. The lowest BCUT2D eigenvalue weighted by molar-refractivity contribution is 0.0216. The van der Waals surface area contributed by atoms with Gasteiger partial charge in [-0.1, -0.05) is 55.5 Å². The van der Waals surface area contributed by atoms with Crippen molar-refractivity contribution in [1.29, 1.82) is 0 Å². The fourth-order valence-electron chi connectivity index (χ4n) is 3.71. The Morgan fingerprint density at radius 1 is 0.735 bits per heavy atom. The van der Waals surface area contributed by atoms with E-state index in [4.69, 9.17) is 18.9 Å². The molecule has 2 N–H and O–H groups in total. The second kappa shape index (κ2) is 13.1. The summed E-state index contributed by atoms with van der Waals surface area (Å²) in [5.74, 6) is 1.36. The minimum atomic E-state index is -0.773. The summed E-state index contributed by atoms with van der Waals surface area (Å²) in [6.07, 6.45) is 2.61. The Labute approximate surface area is 201 Å². The predicted molar refractivity (Wildman–Crippen MR) is 136 cm³/mol. The zero-order valence-electron chi connectivity index (χ0n) is 19.7. The summed E-state index contributed by atoms with van der Waals surface area (Å²) in [6.45, 7) is 10.6. The van der Waals surface area contributed by atoms with Crippen LogP contribution in [-0.2, 0) is 15.9 Å². The molecule has 182 valence electrons. The van der Waals surface area contributed by atoms with Crippen LogP contribution < -0.4 is 9.47 Å². The molecule has 6 heteroatoms. The van der Waals surface area contributed by atoms with Crippen molar-refractivity contribution in [1.82, 2.24) is 0 Å². The van der Waals surface area contributed by atoms with Crippen molar-refractivity contribution in [3.63, 3.8) is 0 Å². The lowest BCUT2D eigenvalue weighted by Crippen LogP contribution is -2.24. The van der Waals surface area contributed by atoms with Gasteiger partial charge in [0.05, 0.1) is 26.4 Å². The van der Waals surface area contributed by atoms with Crippen molar-refractivity contribution >= 4 is 21.5 Å². The first-order valence-corrected chi connectivity index (χ1v) is 11.5. The lowest BCUT2D eigenvalue weighted by Gasteiger charge is -2.20. The Morgan fingerprint density at radius 3 is 1.74 bits per heavy atom. The third-order valence-corrected chi connectivity index (χ3v) is 5.33. The number of fused-ring (bicyclic) bond motifs is 2. The zero-order valence-corrected chi connectivity index (χ0v) is 19.7. The van der Waals surface area contributed by atoms with Gasteiger partial charge in [-0.25, -0.2) is 0 Å². The molecule has 6 nitrogen and oxygen atoms in total. The van der Waals surface area contributed by atoms with Crippen LogP contribution in [0.1, 0.15) is 12.5 Å². The highest BCUT2D eigenvalue weighted by molar-refractivity contribution is 6.11. The maximum Gasteiger partial charge on any atom is 0.135 e. The Morgan fingerprint density at radius 2 is 1.24 bits per heavy atom. The molecular formula is C28H34O6. The average molecular weight is 467 g/mol. The molecular weight excluding hydrogens is 432 g/mol. The summed E-state index contributed by atoms with van der Waals surface area (Å²) in [7, 11) is 0. The largest absolute Gasteiger partial charge is 0.489 e. The van der Waals surface area contributed by atoms with Gasteiger partial charge in [0.2, 0.25) is 0 Å². The number of aliphatic hydroxyl groups excluding tert-OH is 2. The molecule has 3 aromatic rings. The van der Waals surface area contributed by atoms with Crippen molar-refractivity contribution < 1.29 is 29.2 Å². The van der Waals surface area contributed by atoms with E-state index < -0.39 is 12.2 Å². The van der Waals surface area contributed by atoms with E-state index in [1.54, 1.807) is 12.2 Å². The normalized spacial score (nSPS) is 13.0. The van der Waals surface area contributed by atoms with E-state index in [1.165, 1.54) is 0 Å². The summed E-state index contributed by atoms with van der Waals surface area (Å²) in [5.41, 5.74) is 1.16. The molecule has 0 aliphatic rings. The number of hydrogen-bond acceptors (Lipinski definition) is 6. The molecule has 3 aromatic carbocycles. The van der Waals surface area contributed by atoms with Crippen molar-refractivity contribution in [3.8, 4) is 11.5 Å². The third kappa shape index (κ3) is 6.58. The van der Waals surface area contributed by atoms with E-state index in [2.05, 4.69) is 32.2 Å². The van der Waals surface area contributed by atoms with Gasteiger partial charge >= 0.3 is 0 Å². The molecule has 2 atom stereocenters. The van der Waals surface area contributed by atoms with Gasteiger partial charge in [0.1, 0.15) is 36.9 Å². The molecule has 0 saturated carbocycles. The SMILES string of the molecule is C=CCOCC(O)COc1c2ccccc2c(OCC(O)COCC=C)c2cc(CC)ccc12. The smallest absolute Gasteiger partial charge is 0.135 e. The molecule has 0 bridgehead atoms. The standard InChI is InChI=1S/C28H34O6/c1-4-13-31-16-21(29)18-33-27-23-9-7-8-10-24(23)28(34-19-22(30)17-32-14-5-2)26-15-20(6-3)11-12-25(26)27/h4-5,7-12,15,21-22,29-30H,1-2,6,13-14,16-19H2,3H3. The van der Waals surface area contributed by atoms with Crippen molar-refractivity contribution in [2.75, 3.05) is 39.6 Å². The first-order valence-electron chi connectivity index (χ1n) is 11.5. The average Bonchev–Trinajstić information content (AvgIpc) is 2.86. The summed E-state index contributed by atoms with van der Waals surface area (Å²) in [5, 5.41) is 24.1. The van der Waals surface area contributed by atoms with Crippen LogP contribution in [0.15, 0.2) is 67.8 Å². The highest BCUT2D eigenvalue weighted by Gasteiger charge is 2.18. The van der Waals surface area contributed by atoms with Crippen LogP contribution >= 0.6 is 0 Å². The number of aliphatic hydroxyl groups is 2. The third-order valence-electron chi connectivity index (χ3n) is 5.33. The van der Waals surface area contributed by atoms with E-state index in [0.717, 1.165) is 33.5 Å². The molecule has 0 aliphatic heterocycles. The number of ether oxygens (including phenoxy) is 4. The van der Waals surface area contributed by atoms with Crippen LogP contribution in [0.3, 0.4) is 0 Å². The molecule has 0 aromatic heterocycles. The van der Waals surface area contributed by atoms with Gasteiger partial charge in [0.15, 0.2) is 0 Å². The molecule has 0 aliphatic carbocycles. The van der Waals surface area contributed by atoms with Gasteiger partial charge in [0, 0.05) is 21.5 Å². The molecule has 34 heavy (non-hydrogen) atoms. The van der Waals surface area contributed by atoms with E-state index in [1.807, 2.05) is 30.3 Å². The van der Waals surface area contributed by atoms with Gasteiger partial charge < -0.3 is 29.2 Å². The number of rotatable bonds is 15. The van der Waals surface area contributed by atoms with Gasteiger partial charge in [-0.3, -0.25) is 0 Å². The monoisotopic (exact) mass is 466 g/mol. The van der Waals surface area contributed by atoms with E-state index in [-0.39, 0.29) is 26.4 Å². The van der Waals surface area contributed by atoms with Crippen molar-refractivity contribution in [3.05, 3.63) is 73.3 Å². The number of aryl methyl sites for hydroxylation is 1. The van der Waals surface area contributed by atoms with Crippen molar-refractivity contribution in [2.45, 2.75) is 25.6 Å². The molecule has 3 rings (SSSR count). The van der Waals surface area contributed by atoms with Crippen LogP contribution in [-0.4, -0.2) is 62.1 Å². The van der Waals surface area contributed by atoms with Gasteiger partial charge in [0.25, 0.3) is 0 Å². The molecule has 0 fully saturated rings. The first kappa shape index (κ1) is 25.7. The second-order valence-electron chi connectivity index (χ2n) is 8.02. The summed E-state index contributed by atoms with van der Waals surface area (Å²) >= 11 is 0. The lowest BCUT2D eigenvalue weighted by atomic mass is 9.98. The molecule has 2 unspecified atom stereocenters. The summed E-state index contributed by atoms with van der Waals surface area (Å²) in [6, 6.07) is 14.0. The van der Waals surface area contributed by atoms with E-state index >= 15 is 0 Å². The maximum atomic E-state index is 10.3. The minimum Gasteiger partial charge on any atom is -0.489 e. The fraction of sp³-hybridized carbons (Fsp3) is 0.357. The number of hydrogen-bond donors (Lipinski definition) is 2. The van der Waals surface area contributed by atoms with Crippen LogP contribution in [0.4, 0.5) is 0 Å². The van der Waals surface area contributed by atoms with Crippen LogP contribution in [0.5, 0.6) is 11.5 Å². The predicted octanol–water partition coefficient (Wildman–Crippen LogP) is 4.44. The zero-order chi connectivity index (χ0) is 24.3.